The summed E-state index contributed by atoms with van der Waals surface area (Å²) in [6.07, 6.45) is 1.95. The predicted octanol–water partition coefficient (Wildman–Crippen LogP) is 4.66. The Bertz CT molecular complexity index is 924. The average molecular weight is 372 g/mol. The third kappa shape index (κ3) is 4.78. The van der Waals surface area contributed by atoms with E-state index in [1.54, 1.807) is 19.9 Å². The van der Waals surface area contributed by atoms with Crippen molar-refractivity contribution in [1.82, 2.24) is 20.2 Å². The number of H-pyrrole nitrogens is 1. The maximum Gasteiger partial charge on any atom is 0.153 e. The lowest BCUT2D eigenvalue weighted by Crippen LogP contribution is -2.11. The molecular weight excluding hydrogens is 350 g/mol. The predicted molar refractivity (Wildman–Crippen MR) is 101 cm³/mol. The van der Waals surface area contributed by atoms with Crippen molar-refractivity contribution < 1.29 is 8.78 Å². The zero-order chi connectivity index (χ0) is 19.4. The van der Waals surface area contributed by atoms with Gasteiger partial charge in [0.15, 0.2) is 5.82 Å². The molecule has 3 aromatic rings. The number of aromatic amines is 1. The van der Waals surface area contributed by atoms with Crippen molar-refractivity contribution in [3.8, 4) is 0 Å². The van der Waals surface area contributed by atoms with Crippen LogP contribution in [0, 0.1) is 18.6 Å². The molecule has 1 atom stereocenters. The van der Waals surface area contributed by atoms with Crippen LogP contribution in [0.5, 0.6) is 0 Å². The van der Waals surface area contributed by atoms with Gasteiger partial charge < -0.3 is 10.6 Å². The fraction of sp³-hybridized carbons (Fsp3) is 0.316. The Labute approximate surface area is 156 Å². The van der Waals surface area contributed by atoms with Gasteiger partial charge in [0.25, 0.3) is 0 Å². The van der Waals surface area contributed by atoms with Crippen molar-refractivity contribution in [3.63, 3.8) is 0 Å². The lowest BCUT2D eigenvalue weighted by molar-refractivity contribution is 0.566. The van der Waals surface area contributed by atoms with E-state index in [1.807, 2.05) is 6.07 Å². The molecule has 0 spiro atoms. The molecule has 0 radical (unpaired) electrons. The van der Waals surface area contributed by atoms with E-state index in [4.69, 9.17) is 0 Å². The number of hydrogen-bond donors (Lipinski definition) is 3. The Balaban J connectivity index is 1.76. The van der Waals surface area contributed by atoms with Crippen LogP contribution >= 0.6 is 0 Å². The second kappa shape index (κ2) is 8.11. The quantitative estimate of drug-likeness (QED) is 0.562. The van der Waals surface area contributed by atoms with Gasteiger partial charge in [-0.05, 0) is 26.3 Å². The zero-order valence-electron chi connectivity index (χ0n) is 15.5. The lowest BCUT2D eigenvalue weighted by atomic mass is 10.1. The van der Waals surface area contributed by atoms with E-state index in [-0.39, 0.29) is 0 Å². The molecule has 0 fully saturated rings. The van der Waals surface area contributed by atoms with Gasteiger partial charge >= 0.3 is 0 Å². The summed E-state index contributed by atoms with van der Waals surface area (Å²) in [6, 6.07) is 6.80. The van der Waals surface area contributed by atoms with Crippen molar-refractivity contribution in [2.24, 2.45) is 0 Å². The summed E-state index contributed by atoms with van der Waals surface area (Å²) in [7, 11) is 0. The van der Waals surface area contributed by atoms with Gasteiger partial charge in [0.1, 0.15) is 29.1 Å². The van der Waals surface area contributed by atoms with Gasteiger partial charge in [-0.3, -0.25) is 5.10 Å². The van der Waals surface area contributed by atoms with Gasteiger partial charge in [0, 0.05) is 29.5 Å². The molecular formula is C19H22F2N6. The van der Waals surface area contributed by atoms with Crippen LogP contribution in [0.15, 0.2) is 30.3 Å². The fourth-order valence-electron chi connectivity index (χ4n) is 2.81. The minimum Gasteiger partial charge on any atom is -0.363 e. The van der Waals surface area contributed by atoms with Crippen LogP contribution in [0.1, 0.15) is 43.4 Å². The number of benzene rings is 1. The molecule has 0 bridgehead atoms. The maximum absolute atomic E-state index is 14.0. The standard InChI is InChI=1S/C19H22F2N6/c1-4-5-14-9-19(27-26-14)25-18-10-17(23-12(3)24-18)22-11(2)15-7-6-13(20)8-16(15)21/h6-11H,4-5H2,1-3H3,(H3,22,23,24,25,26,27). The largest absolute Gasteiger partial charge is 0.363 e. The zero-order valence-corrected chi connectivity index (χ0v) is 15.5. The highest BCUT2D eigenvalue weighted by atomic mass is 19.1. The van der Waals surface area contributed by atoms with Crippen LogP contribution in [-0.4, -0.2) is 20.2 Å². The number of halogens is 2. The van der Waals surface area contributed by atoms with Gasteiger partial charge in [-0.1, -0.05) is 19.4 Å². The Kier molecular flexibility index (Phi) is 5.63. The maximum atomic E-state index is 14.0. The second-order valence-electron chi connectivity index (χ2n) is 6.37. The Morgan fingerprint density at radius 3 is 2.59 bits per heavy atom. The molecule has 27 heavy (non-hydrogen) atoms. The molecule has 0 saturated carbocycles. The smallest absolute Gasteiger partial charge is 0.153 e. The lowest BCUT2D eigenvalue weighted by Gasteiger charge is -2.16. The minimum atomic E-state index is -0.603. The molecule has 1 aromatic carbocycles. The molecule has 3 N–H and O–H groups in total. The Hall–Kier alpha value is -3.03. The second-order valence-corrected chi connectivity index (χ2v) is 6.37. The molecule has 0 aliphatic rings. The van der Waals surface area contributed by atoms with Crippen LogP contribution in [0.2, 0.25) is 0 Å². The first kappa shape index (κ1) is 18.8. The van der Waals surface area contributed by atoms with Crippen LogP contribution < -0.4 is 10.6 Å². The van der Waals surface area contributed by atoms with Gasteiger partial charge in [-0.2, -0.15) is 5.10 Å². The number of nitrogens with zero attached hydrogens (tertiary/aromatic N) is 3. The van der Waals surface area contributed by atoms with E-state index >= 15 is 0 Å². The third-order valence-corrected chi connectivity index (χ3v) is 4.04. The average Bonchev–Trinajstić information content (AvgIpc) is 3.01. The van der Waals surface area contributed by atoms with E-state index in [0.29, 0.717) is 28.8 Å². The summed E-state index contributed by atoms with van der Waals surface area (Å²) < 4.78 is 27.1. The first-order chi connectivity index (χ1) is 12.9. The van der Waals surface area contributed by atoms with Crippen molar-refractivity contribution in [2.45, 2.75) is 39.7 Å². The van der Waals surface area contributed by atoms with E-state index in [0.717, 1.165) is 24.6 Å². The SMILES string of the molecule is CCCc1cc(Nc2cc(NC(C)c3ccc(F)cc3F)nc(C)n2)n[nH]1. The molecule has 2 heterocycles. The number of aromatic nitrogens is 4. The number of hydrogen-bond acceptors (Lipinski definition) is 5. The first-order valence-electron chi connectivity index (χ1n) is 8.83. The molecule has 1 unspecified atom stereocenters. The molecule has 142 valence electrons. The van der Waals surface area contributed by atoms with Gasteiger partial charge in [0.2, 0.25) is 0 Å². The van der Waals surface area contributed by atoms with Crippen molar-refractivity contribution in [2.75, 3.05) is 10.6 Å². The van der Waals surface area contributed by atoms with Gasteiger partial charge in [0.05, 0.1) is 6.04 Å². The molecule has 0 aliphatic carbocycles. The summed E-state index contributed by atoms with van der Waals surface area (Å²) in [6.45, 7) is 5.66. The minimum absolute atomic E-state index is 0.360. The van der Waals surface area contributed by atoms with Gasteiger partial charge in [-0.15, -0.1) is 0 Å². The topological polar surface area (TPSA) is 78.5 Å². The highest BCUT2D eigenvalue weighted by Gasteiger charge is 2.13. The van der Waals surface area contributed by atoms with Crippen molar-refractivity contribution in [3.05, 3.63) is 59.0 Å². The molecule has 0 amide bonds. The summed E-state index contributed by atoms with van der Waals surface area (Å²) in [5.74, 6) is 1.13. The van der Waals surface area contributed by atoms with Crippen molar-refractivity contribution in [1.29, 1.82) is 0 Å². The van der Waals surface area contributed by atoms with E-state index in [1.165, 1.54) is 12.1 Å². The molecule has 8 heteroatoms. The molecule has 0 aliphatic heterocycles. The number of anilines is 3. The van der Waals surface area contributed by atoms with Crippen LogP contribution in [-0.2, 0) is 6.42 Å². The highest BCUT2D eigenvalue weighted by Crippen LogP contribution is 2.23. The number of aryl methyl sites for hydroxylation is 2. The van der Waals surface area contributed by atoms with Crippen LogP contribution in [0.3, 0.4) is 0 Å². The third-order valence-electron chi connectivity index (χ3n) is 4.04. The van der Waals surface area contributed by atoms with Gasteiger partial charge in [-0.25, -0.2) is 18.7 Å². The highest BCUT2D eigenvalue weighted by molar-refractivity contribution is 5.56. The monoisotopic (exact) mass is 372 g/mol. The molecule has 6 nitrogen and oxygen atoms in total. The normalized spacial score (nSPS) is 12.0. The Morgan fingerprint density at radius 2 is 1.85 bits per heavy atom. The van der Waals surface area contributed by atoms with Crippen LogP contribution in [0.4, 0.5) is 26.2 Å². The number of nitrogens with one attached hydrogen (secondary N) is 3. The summed E-state index contributed by atoms with van der Waals surface area (Å²) >= 11 is 0. The summed E-state index contributed by atoms with van der Waals surface area (Å²) in [5.41, 5.74) is 1.41. The van der Waals surface area contributed by atoms with E-state index < -0.39 is 17.7 Å². The first-order valence-corrected chi connectivity index (χ1v) is 8.83. The molecule has 3 rings (SSSR count). The molecule has 2 aromatic heterocycles. The van der Waals surface area contributed by atoms with E-state index in [2.05, 4.69) is 37.7 Å². The Morgan fingerprint density at radius 1 is 1.07 bits per heavy atom. The van der Waals surface area contributed by atoms with Crippen LogP contribution in [0.25, 0.3) is 0 Å². The molecule has 0 saturated heterocycles. The fourth-order valence-corrected chi connectivity index (χ4v) is 2.81. The van der Waals surface area contributed by atoms with Crippen molar-refractivity contribution >= 4 is 17.5 Å². The summed E-state index contributed by atoms with van der Waals surface area (Å²) in [5, 5.41) is 13.5. The summed E-state index contributed by atoms with van der Waals surface area (Å²) in [4.78, 5) is 8.69. The number of rotatable bonds is 7. The van der Waals surface area contributed by atoms with E-state index in [9.17, 15) is 8.78 Å².